The zero-order valence-electron chi connectivity index (χ0n) is 14.5. The Kier molecular flexibility index (Phi) is 6.42. The maximum Gasteiger partial charge on any atom is 0.123 e. The predicted molar refractivity (Wildman–Crippen MR) is 97.2 cm³/mol. The van der Waals surface area contributed by atoms with Gasteiger partial charge in [-0.3, -0.25) is 0 Å². The molecule has 0 aromatic heterocycles. The molecular weight excluding hydrogens is 317 g/mol. The summed E-state index contributed by atoms with van der Waals surface area (Å²) < 4.78 is 18.4. The molecule has 1 fully saturated rings. The number of piperidine rings is 1. The van der Waals surface area contributed by atoms with Gasteiger partial charge in [-0.2, -0.15) is 0 Å². The summed E-state index contributed by atoms with van der Waals surface area (Å²) in [5.74, 6) is 1.03. The maximum atomic E-state index is 12.9. The molecule has 0 saturated carbocycles. The third kappa shape index (κ3) is 5.83. The van der Waals surface area contributed by atoms with Crippen LogP contribution in [0.3, 0.4) is 0 Å². The van der Waals surface area contributed by atoms with Crippen LogP contribution in [-0.4, -0.2) is 42.4 Å². The van der Waals surface area contributed by atoms with Crippen molar-refractivity contribution in [2.75, 3.05) is 26.2 Å². The van der Waals surface area contributed by atoms with Crippen molar-refractivity contribution in [1.82, 2.24) is 4.90 Å². The van der Waals surface area contributed by atoms with Crippen molar-refractivity contribution < 1.29 is 14.2 Å². The molecule has 1 aliphatic heterocycles. The zero-order valence-corrected chi connectivity index (χ0v) is 14.5. The quantitative estimate of drug-likeness (QED) is 0.835. The second-order valence-electron chi connectivity index (χ2n) is 6.85. The Morgan fingerprint density at radius 3 is 2.40 bits per heavy atom. The van der Waals surface area contributed by atoms with E-state index in [1.54, 1.807) is 12.1 Å². The van der Waals surface area contributed by atoms with Crippen LogP contribution >= 0.6 is 0 Å². The van der Waals surface area contributed by atoms with Gasteiger partial charge in [-0.05, 0) is 68.1 Å². The molecule has 2 aromatic carbocycles. The van der Waals surface area contributed by atoms with Crippen molar-refractivity contribution >= 4 is 0 Å². The van der Waals surface area contributed by atoms with Crippen molar-refractivity contribution in [1.29, 1.82) is 0 Å². The normalized spacial score (nSPS) is 17.4. The average molecular weight is 343 g/mol. The molecule has 3 rings (SSSR count). The maximum absolute atomic E-state index is 12.9. The van der Waals surface area contributed by atoms with Crippen LogP contribution in [0.5, 0.6) is 5.75 Å². The molecule has 1 N–H and O–H groups in total. The van der Waals surface area contributed by atoms with Gasteiger partial charge in [-0.25, -0.2) is 4.39 Å². The van der Waals surface area contributed by atoms with Gasteiger partial charge < -0.3 is 14.7 Å². The molecule has 1 atom stereocenters. The highest BCUT2D eigenvalue weighted by atomic mass is 19.1. The van der Waals surface area contributed by atoms with Crippen LogP contribution in [-0.2, 0) is 6.42 Å². The molecule has 4 heteroatoms. The highest BCUT2D eigenvalue weighted by Crippen LogP contribution is 2.21. The molecule has 0 spiro atoms. The number of likely N-dealkylation sites (tertiary alicyclic amines) is 1. The lowest BCUT2D eigenvalue weighted by atomic mass is 9.90. The van der Waals surface area contributed by atoms with Gasteiger partial charge in [0.2, 0.25) is 0 Å². The first kappa shape index (κ1) is 17.9. The smallest absolute Gasteiger partial charge is 0.123 e. The molecule has 1 heterocycles. The summed E-state index contributed by atoms with van der Waals surface area (Å²) >= 11 is 0. The molecule has 0 amide bonds. The van der Waals surface area contributed by atoms with Crippen molar-refractivity contribution in [3.63, 3.8) is 0 Å². The van der Waals surface area contributed by atoms with E-state index < -0.39 is 6.10 Å². The van der Waals surface area contributed by atoms with Gasteiger partial charge in [0.25, 0.3) is 0 Å². The number of ether oxygens (including phenoxy) is 1. The van der Waals surface area contributed by atoms with E-state index in [-0.39, 0.29) is 12.4 Å². The van der Waals surface area contributed by atoms with Crippen molar-refractivity contribution in [3.8, 4) is 5.75 Å². The summed E-state index contributed by atoms with van der Waals surface area (Å²) in [6, 6.07) is 16.5. The largest absolute Gasteiger partial charge is 0.491 e. The van der Waals surface area contributed by atoms with E-state index in [2.05, 4.69) is 35.2 Å². The van der Waals surface area contributed by atoms with Gasteiger partial charge in [0.05, 0.1) is 0 Å². The Hall–Kier alpha value is -1.91. The average Bonchev–Trinajstić information content (AvgIpc) is 2.64. The molecule has 1 aliphatic rings. The van der Waals surface area contributed by atoms with E-state index >= 15 is 0 Å². The second kappa shape index (κ2) is 8.97. The van der Waals surface area contributed by atoms with Crippen molar-refractivity contribution in [2.24, 2.45) is 5.92 Å². The molecule has 0 radical (unpaired) electrons. The first-order chi connectivity index (χ1) is 12.2. The fourth-order valence-electron chi connectivity index (χ4n) is 3.39. The number of aliphatic hydroxyl groups is 1. The minimum Gasteiger partial charge on any atom is -0.491 e. The summed E-state index contributed by atoms with van der Waals surface area (Å²) in [5.41, 5.74) is 1.41. The Morgan fingerprint density at radius 2 is 1.72 bits per heavy atom. The molecular formula is C21H26FNO2. The predicted octanol–water partition coefficient (Wildman–Crippen LogP) is 3.52. The van der Waals surface area contributed by atoms with Gasteiger partial charge in [-0.1, -0.05) is 30.3 Å². The van der Waals surface area contributed by atoms with Crippen LogP contribution in [0, 0.1) is 11.7 Å². The van der Waals surface area contributed by atoms with Crippen LogP contribution in [0.1, 0.15) is 18.4 Å². The van der Waals surface area contributed by atoms with Crippen molar-refractivity contribution in [3.05, 3.63) is 66.0 Å². The number of β-amino-alcohol motifs (C(OH)–C–C–N with tert-alkyl or cyclic N) is 1. The molecule has 0 bridgehead atoms. The topological polar surface area (TPSA) is 32.7 Å². The SMILES string of the molecule is OC(COc1ccc(F)cc1)CN1CCC(Cc2ccccc2)CC1. The zero-order chi connectivity index (χ0) is 17.5. The molecule has 0 aliphatic carbocycles. The van der Waals surface area contributed by atoms with E-state index in [4.69, 9.17) is 4.74 Å². The standard InChI is InChI=1S/C21H26FNO2/c22-19-6-8-21(9-7-19)25-16-20(24)15-23-12-10-18(11-13-23)14-17-4-2-1-3-5-17/h1-9,18,20,24H,10-16H2. The summed E-state index contributed by atoms with van der Waals surface area (Å²) in [4.78, 5) is 2.31. The Labute approximate surface area is 149 Å². The number of nitrogens with zero attached hydrogens (tertiary/aromatic N) is 1. The first-order valence-electron chi connectivity index (χ1n) is 9.02. The Balaban J connectivity index is 1.36. The fraction of sp³-hybridized carbons (Fsp3) is 0.429. The lowest BCUT2D eigenvalue weighted by Gasteiger charge is -2.33. The minimum absolute atomic E-state index is 0.232. The highest BCUT2D eigenvalue weighted by molar-refractivity contribution is 5.22. The molecule has 3 nitrogen and oxygen atoms in total. The summed E-state index contributed by atoms with van der Waals surface area (Å²) in [6.45, 7) is 2.89. The Bertz CT molecular complexity index is 624. The van der Waals surface area contributed by atoms with Gasteiger partial charge in [0.15, 0.2) is 0 Å². The van der Waals surface area contributed by atoms with E-state index in [0.29, 0.717) is 12.3 Å². The second-order valence-corrected chi connectivity index (χ2v) is 6.85. The fourth-order valence-corrected chi connectivity index (χ4v) is 3.39. The van der Waals surface area contributed by atoms with Crippen LogP contribution in [0.15, 0.2) is 54.6 Å². The molecule has 134 valence electrons. The number of aliphatic hydroxyl groups excluding tert-OH is 1. The molecule has 2 aromatic rings. The lowest BCUT2D eigenvalue weighted by molar-refractivity contribution is 0.0550. The summed E-state index contributed by atoms with van der Waals surface area (Å²) in [5, 5.41) is 10.2. The molecule has 25 heavy (non-hydrogen) atoms. The van der Waals surface area contributed by atoms with Gasteiger partial charge in [0.1, 0.15) is 24.3 Å². The minimum atomic E-state index is -0.532. The number of hydrogen-bond acceptors (Lipinski definition) is 3. The van der Waals surface area contributed by atoms with Crippen LogP contribution in [0.25, 0.3) is 0 Å². The van der Waals surface area contributed by atoms with E-state index in [1.165, 1.54) is 30.5 Å². The summed E-state index contributed by atoms with van der Waals surface area (Å²) in [6.07, 6.45) is 2.95. The molecule has 1 unspecified atom stereocenters. The van der Waals surface area contributed by atoms with Gasteiger partial charge in [0, 0.05) is 6.54 Å². The van der Waals surface area contributed by atoms with E-state index in [1.807, 2.05) is 0 Å². The van der Waals surface area contributed by atoms with E-state index in [0.717, 1.165) is 25.4 Å². The van der Waals surface area contributed by atoms with E-state index in [9.17, 15) is 9.50 Å². The monoisotopic (exact) mass is 343 g/mol. The third-order valence-corrected chi connectivity index (χ3v) is 4.80. The number of halogens is 1. The number of hydrogen-bond donors (Lipinski definition) is 1. The van der Waals surface area contributed by atoms with Gasteiger partial charge >= 0.3 is 0 Å². The van der Waals surface area contributed by atoms with Crippen LogP contribution < -0.4 is 4.74 Å². The number of benzene rings is 2. The third-order valence-electron chi connectivity index (χ3n) is 4.80. The van der Waals surface area contributed by atoms with Crippen LogP contribution in [0.2, 0.25) is 0 Å². The lowest BCUT2D eigenvalue weighted by Crippen LogP contribution is -2.41. The van der Waals surface area contributed by atoms with Crippen molar-refractivity contribution in [2.45, 2.75) is 25.4 Å². The summed E-state index contributed by atoms with van der Waals surface area (Å²) in [7, 11) is 0. The molecule has 1 saturated heterocycles. The Morgan fingerprint density at radius 1 is 1.04 bits per heavy atom. The number of rotatable bonds is 7. The highest BCUT2D eigenvalue weighted by Gasteiger charge is 2.21. The van der Waals surface area contributed by atoms with Crippen LogP contribution in [0.4, 0.5) is 4.39 Å². The van der Waals surface area contributed by atoms with Gasteiger partial charge in [-0.15, -0.1) is 0 Å². The first-order valence-corrected chi connectivity index (χ1v) is 9.02.